The van der Waals surface area contributed by atoms with Gasteiger partial charge < -0.3 is 15.3 Å². The molecule has 3 N–H and O–H groups in total. The molecular weight excluding hydrogens is 424 g/mol. The van der Waals surface area contributed by atoms with Gasteiger partial charge in [-0.1, -0.05) is 41.2 Å². The number of aliphatic hydroxyl groups excluding tert-OH is 2. The normalized spacial score (nSPS) is 53.7. The maximum atomic E-state index is 12.8. The van der Waals surface area contributed by atoms with E-state index in [0.29, 0.717) is 17.8 Å². The van der Waals surface area contributed by atoms with Crippen molar-refractivity contribution >= 4 is 5.97 Å². The molecule has 4 nitrogen and oxygen atoms in total. The minimum Gasteiger partial charge on any atom is -0.481 e. The van der Waals surface area contributed by atoms with Gasteiger partial charge in [0, 0.05) is 0 Å². The first kappa shape index (κ1) is 24.8. The molecule has 0 saturated heterocycles. The molecule has 4 heteroatoms. The van der Waals surface area contributed by atoms with Crippen LogP contribution in [0, 0.1) is 56.7 Å². The van der Waals surface area contributed by atoms with E-state index in [0.717, 1.165) is 56.9 Å². The zero-order valence-electron chi connectivity index (χ0n) is 22.2. The summed E-state index contributed by atoms with van der Waals surface area (Å²) in [7, 11) is 0. The summed E-state index contributed by atoms with van der Waals surface area (Å²) in [5.74, 6) is 1.13. The molecule has 0 aromatic carbocycles. The molecule has 0 aromatic heterocycles. The van der Waals surface area contributed by atoms with E-state index in [2.05, 4.69) is 41.2 Å². The van der Waals surface area contributed by atoms with Crippen LogP contribution < -0.4 is 0 Å². The summed E-state index contributed by atoms with van der Waals surface area (Å²) >= 11 is 0. The molecule has 10 atom stereocenters. The van der Waals surface area contributed by atoms with E-state index in [-0.39, 0.29) is 46.2 Å². The molecule has 0 aliphatic heterocycles. The molecule has 5 aliphatic carbocycles. The molecule has 0 heterocycles. The van der Waals surface area contributed by atoms with Crippen LogP contribution in [0.25, 0.3) is 0 Å². The summed E-state index contributed by atoms with van der Waals surface area (Å²) in [6, 6.07) is 0. The summed E-state index contributed by atoms with van der Waals surface area (Å²) in [6.45, 7) is 16.4. The molecule has 5 aliphatic rings. The van der Waals surface area contributed by atoms with Gasteiger partial charge in [0.05, 0.1) is 18.1 Å². The number of aliphatic hydroxyl groups is 2. The number of hydrogen-bond donors (Lipinski definition) is 3. The number of fused-ring (bicyclic) bond motifs is 7. The second-order valence-corrected chi connectivity index (χ2v) is 14.5. The minimum atomic E-state index is -0.645. The molecule has 0 spiro atoms. The maximum absolute atomic E-state index is 12.8. The topological polar surface area (TPSA) is 77.8 Å². The van der Waals surface area contributed by atoms with Gasteiger partial charge >= 0.3 is 5.97 Å². The number of rotatable bonds is 3. The lowest BCUT2D eigenvalue weighted by Gasteiger charge is -2.72. The monoisotopic (exact) mass is 472 g/mol. The fourth-order valence-electron chi connectivity index (χ4n) is 11.5. The van der Waals surface area contributed by atoms with Crippen LogP contribution in [0.4, 0.5) is 0 Å². The van der Waals surface area contributed by atoms with Crippen LogP contribution in [0.3, 0.4) is 0 Å². The highest BCUT2D eigenvalue weighted by molar-refractivity contribution is 5.76. The molecule has 0 bridgehead atoms. The van der Waals surface area contributed by atoms with Crippen molar-refractivity contribution in [2.24, 2.45) is 56.7 Å². The molecule has 5 saturated carbocycles. The SMILES string of the molecule is C=C(CO)[C@@H]1CC[C@]2(C(=O)O)CC[C@]3(C)C(CC[C@@H]4[C@@]5(C)CC[C@@H](O)C(C)(C)[C@@H]5CC[C@]43C)[C@H]12. The summed E-state index contributed by atoms with van der Waals surface area (Å²) in [5, 5.41) is 31.4. The van der Waals surface area contributed by atoms with Gasteiger partial charge in [-0.15, -0.1) is 0 Å². The average Bonchev–Trinajstić information content (AvgIpc) is 3.18. The van der Waals surface area contributed by atoms with Gasteiger partial charge in [-0.3, -0.25) is 4.79 Å². The molecular formula is C30H48O4. The largest absolute Gasteiger partial charge is 0.481 e. The second-order valence-electron chi connectivity index (χ2n) is 14.5. The van der Waals surface area contributed by atoms with E-state index in [4.69, 9.17) is 0 Å². The van der Waals surface area contributed by atoms with Crippen molar-refractivity contribution in [3.63, 3.8) is 0 Å². The van der Waals surface area contributed by atoms with Crippen LogP contribution in [0.1, 0.15) is 98.8 Å². The van der Waals surface area contributed by atoms with Crippen molar-refractivity contribution < 1.29 is 20.1 Å². The predicted molar refractivity (Wildman–Crippen MR) is 134 cm³/mol. The maximum Gasteiger partial charge on any atom is 0.309 e. The van der Waals surface area contributed by atoms with E-state index in [9.17, 15) is 20.1 Å². The smallest absolute Gasteiger partial charge is 0.309 e. The zero-order valence-corrected chi connectivity index (χ0v) is 22.2. The highest BCUT2D eigenvalue weighted by Crippen LogP contribution is 2.77. The molecule has 1 unspecified atom stereocenters. The highest BCUT2D eigenvalue weighted by Gasteiger charge is 2.72. The highest BCUT2D eigenvalue weighted by atomic mass is 16.4. The number of aliphatic carboxylic acids is 1. The van der Waals surface area contributed by atoms with Gasteiger partial charge in [0.25, 0.3) is 0 Å². The summed E-state index contributed by atoms with van der Waals surface area (Å²) in [6.07, 6.45) is 9.75. The third-order valence-corrected chi connectivity index (χ3v) is 13.6. The van der Waals surface area contributed by atoms with E-state index >= 15 is 0 Å². The quantitative estimate of drug-likeness (QED) is 0.436. The van der Waals surface area contributed by atoms with Crippen LogP contribution >= 0.6 is 0 Å². The molecule has 5 rings (SSSR count). The van der Waals surface area contributed by atoms with Crippen LogP contribution in [-0.2, 0) is 4.79 Å². The fourth-order valence-corrected chi connectivity index (χ4v) is 11.5. The fraction of sp³-hybridized carbons (Fsp3) is 0.900. The lowest BCUT2D eigenvalue weighted by molar-refractivity contribution is -0.248. The Kier molecular flexibility index (Phi) is 5.52. The van der Waals surface area contributed by atoms with Crippen molar-refractivity contribution in [1.29, 1.82) is 0 Å². The van der Waals surface area contributed by atoms with Crippen molar-refractivity contribution in [2.45, 2.75) is 105 Å². The van der Waals surface area contributed by atoms with E-state index < -0.39 is 11.4 Å². The first-order valence-electron chi connectivity index (χ1n) is 14.0. The van der Waals surface area contributed by atoms with Gasteiger partial charge in [0.15, 0.2) is 0 Å². The van der Waals surface area contributed by atoms with E-state index in [1.54, 1.807) is 0 Å². The Morgan fingerprint density at radius 3 is 2.21 bits per heavy atom. The van der Waals surface area contributed by atoms with Crippen molar-refractivity contribution in [3.8, 4) is 0 Å². The third kappa shape index (κ3) is 2.82. The molecule has 0 amide bonds. The predicted octanol–water partition coefficient (Wildman–Crippen LogP) is 6.06. The van der Waals surface area contributed by atoms with Crippen LogP contribution in [-0.4, -0.2) is 34.0 Å². The van der Waals surface area contributed by atoms with E-state index in [1.807, 2.05) is 0 Å². The molecule has 0 aromatic rings. The third-order valence-electron chi connectivity index (χ3n) is 13.6. The standard InChI is InChI=1S/C30H48O4/c1-18(17-31)19-9-14-30(25(33)34)16-15-28(5)20(24(19)30)7-8-22-27(4)12-11-23(32)26(2,3)21(27)10-13-29(22,28)6/h19-24,31-32H,1,7-17H2,2-6H3,(H,33,34)/t19-,20?,21-,22+,23+,24-,27-,28+,29+,30-/m0/s1. The summed E-state index contributed by atoms with van der Waals surface area (Å²) in [4.78, 5) is 12.8. The Balaban J connectivity index is 1.56. The van der Waals surface area contributed by atoms with Crippen molar-refractivity contribution in [2.75, 3.05) is 6.61 Å². The van der Waals surface area contributed by atoms with Gasteiger partial charge in [0.1, 0.15) is 0 Å². The average molecular weight is 473 g/mol. The molecule has 34 heavy (non-hydrogen) atoms. The number of carboxylic acids is 1. The Bertz CT molecular complexity index is 879. The van der Waals surface area contributed by atoms with Gasteiger partial charge in [0.2, 0.25) is 0 Å². The number of hydrogen-bond acceptors (Lipinski definition) is 3. The Morgan fingerprint density at radius 1 is 0.853 bits per heavy atom. The Morgan fingerprint density at radius 2 is 1.56 bits per heavy atom. The first-order valence-corrected chi connectivity index (χ1v) is 14.0. The van der Waals surface area contributed by atoms with Crippen molar-refractivity contribution in [3.05, 3.63) is 12.2 Å². The van der Waals surface area contributed by atoms with Crippen LogP contribution in [0.5, 0.6) is 0 Å². The lowest BCUT2D eigenvalue weighted by Crippen LogP contribution is -2.67. The lowest BCUT2D eigenvalue weighted by atomic mass is 9.32. The van der Waals surface area contributed by atoms with Crippen molar-refractivity contribution in [1.82, 2.24) is 0 Å². The Hall–Kier alpha value is -0.870. The molecule has 192 valence electrons. The van der Waals surface area contributed by atoms with Crippen LogP contribution in [0.15, 0.2) is 12.2 Å². The zero-order chi connectivity index (χ0) is 24.9. The number of carboxylic acid groups (broad SMARTS) is 1. The molecule has 5 fully saturated rings. The molecule has 0 radical (unpaired) electrons. The summed E-state index contributed by atoms with van der Waals surface area (Å²) in [5.41, 5.74) is 0.669. The summed E-state index contributed by atoms with van der Waals surface area (Å²) < 4.78 is 0. The van der Waals surface area contributed by atoms with E-state index in [1.165, 1.54) is 12.8 Å². The second kappa shape index (κ2) is 7.57. The Labute approximate surface area is 206 Å². The van der Waals surface area contributed by atoms with Gasteiger partial charge in [-0.25, -0.2) is 0 Å². The van der Waals surface area contributed by atoms with Gasteiger partial charge in [-0.2, -0.15) is 0 Å². The van der Waals surface area contributed by atoms with Crippen LogP contribution in [0.2, 0.25) is 0 Å². The minimum absolute atomic E-state index is 0.0304. The first-order chi connectivity index (χ1) is 15.8. The van der Waals surface area contributed by atoms with Gasteiger partial charge in [-0.05, 0) is 121 Å². The number of carbonyl (C=O) groups is 1.